The number of hydrogen-bond acceptors (Lipinski definition) is 3. The number of carboxylic acids is 1. The van der Waals surface area contributed by atoms with E-state index in [0.717, 1.165) is 18.5 Å². The predicted molar refractivity (Wildman–Crippen MR) is 62.2 cm³/mol. The van der Waals surface area contributed by atoms with Crippen molar-refractivity contribution in [2.75, 3.05) is 13.6 Å². The molecule has 0 aliphatic rings. The summed E-state index contributed by atoms with van der Waals surface area (Å²) in [5.41, 5.74) is 0.921. The Hall–Kier alpha value is -1.62. The quantitative estimate of drug-likeness (QED) is 0.710. The molecular formula is C11H17N3O2. The average Bonchev–Trinajstić information content (AvgIpc) is 2.72. The Morgan fingerprint density at radius 1 is 1.75 bits per heavy atom. The van der Waals surface area contributed by atoms with Gasteiger partial charge in [0.05, 0.1) is 6.20 Å². The molecule has 1 aromatic heterocycles. The zero-order valence-electron chi connectivity index (χ0n) is 9.55. The fourth-order valence-corrected chi connectivity index (χ4v) is 1.21. The van der Waals surface area contributed by atoms with E-state index in [9.17, 15) is 4.79 Å². The molecule has 1 aromatic rings. The Morgan fingerprint density at radius 2 is 2.50 bits per heavy atom. The van der Waals surface area contributed by atoms with Crippen molar-refractivity contribution in [3.63, 3.8) is 0 Å². The molecule has 2 N–H and O–H groups in total. The Kier molecular flexibility index (Phi) is 4.72. The smallest absolute Gasteiger partial charge is 0.328 e. The van der Waals surface area contributed by atoms with Gasteiger partial charge in [-0.25, -0.2) is 4.79 Å². The Morgan fingerprint density at radius 3 is 3.12 bits per heavy atom. The van der Waals surface area contributed by atoms with E-state index in [-0.39, 0.29) is 0 Å². The van der Waals surface area contributed by atoms with Gasteiger partial charge in [0.15, 0.2) is 0 Å². The Balaban J connectivity index is 2.57. The highest BCUT2D eigenvalue weighted by molar-refractivity contribution is 5.71. The van der Waals surface area contributed by atoms with Gasteiger partial charge in [-0.1, -0.05) is 12.2 Å². The van der Waals surface area contributed by atoms with Crippen molar-refractivity contribution in [2.24, 2.45) is 0 Å². The lowest BCUT2D eigenvalue weighted by Gasteiger charge is -2.04. The van der Waals surface area contributed by atoms with Crippen LogP contribution < -0.4 is 5.32 Å². The minimum absolute atomic E-state index is 0.626. The number of hydrogen-bond donors (Lipinski definition) is 2. The van der Waals surface area contributed by atoms with Crippen LogP contribution in [0.5, 0.6) is 0 Å². The summed E-state index contributed by atoms with van der Waals surface area (Å²) in [6.07, 6.45) is 8.30. The van der Waals surface area contributed by atoms with E-state index >= 15 is 0 Å². The van der Waals surface area contributed by atoms with E-state index in [4.69, 9.17) is 5.11 Å². The molecule has 88 valence electrons. The molecule has 1 rings (SSSR count). The summed E-state index contributed by atoms with van der Waals surface area (Å²) in [6, 6.07) is -0.626. The molecule has 0 saturated heterocycles. The van der Waals surface area contributed by atoms with Gasteiger partial charge in [0.1, 0.15) is 6.04 Å². The zero-order chi connectivity index (χ0) is 12.0. The Labute approximate surface area is 94.8 Å². The summed E-state index contributed by atoms with van der Waals surface area (Å²) in [5.74, 6) is -0.881. The molecule has 1 heterocycles. The first-order valence-corrected chi connectivity index (χ1v) is 5.23. The molecule has 0 unspecified atom stereocenters. The molecular weight excluding hydrogens is 206 g/mol. The van der Waals surface area contributed by atoms with Gasteiger partial charge in [0.25, 0.3) is 0 Å². The highest BCUT2D eigenvalue weighted by atomic mass is 16.4. The topological polar surface area (TPSA) is 67.2 Å². The van der Waals surface area contributed by atoms with Gasteiger partial charge in [-0.05, 0) is 26.9 Å². The normalized spacial score (nSPS) is 13.1. The number of rotatable bonds is 6. The van der Waals surface area contributed by atoms with Crippen LogP contribution in [-0.2, 0) is 4.79 Å². The van der Waals surface area contributed by atoms with E-state index in [1.807, 2.05) is 19.2 Å². The number of nitrogens with zero attached hydrogens (tertiary/aromatic N) is 2. The standard InChI is InChI=1S/C11H17N3O2/c1-9(11(15)16)14-8-10(7-13-14)5-3-4-6-12-2/h3,5,7-9,12H,4,6H2,1-2H3,(H,15,16)/t9-/m0/s1. The molecule has 0 radical (unpaired) electrons. The molecule has 0 spiro atoms. The number of aliphatic carboxylic acids is 1. The van der Waals surface area contributed by atoms with Crippen LogP contribution in [-0.4, -0.2) is 34.4 Å². The summed E-state index contributed by atoms with van der Waals surface area (Å²) in [7, 11) is 1.90. The summed E-state index contributed by atoms with van der Waals surface area (Å²) < 4.78 is 1.44. The van der Waals surface area contributed by atoms with E-state index in [1.54, 1.807) is 19.3 Å². The fourth-order valence-electron chi connectivity index (χ4n) is 1.21. The number of carbonyl (C=O) groups is 1. The molecule has 5 heteroatoms. The number of carboxylic acid groups (broad SMARTS) is 1. The largest absolute Gasteiger partial charge is 0.480 e. The average molecular weight is 223 g/mol. The highest BCUT2D eigenvalue weighted by Gasteiger charge is 2.13. The van der Waals surface area contributed by atoms with E-state index < -0.39 is 12.0 Å². The van der Waals surface area contributed by atoms with Crippen LogP contribution in [0.1, 0.15) is 24.9 Å². The molecule has 0 aliphatic heterocycles. The monoisotopic (exact) mass is 223 g/mol. The first-order valence-electron chi connectivity index (χ1n) is 5.23. The van der Waals surface area contributed by atoms with Crippen LogP contribution >= 0.6 is 0 Å². The molecule has 0 aromatic carbocycles. The third kappa shape index (κ3) is 3.51. The molecule has 16 heavy (non-hydrogen) atoms. The van der Waals surface area contributed by atoms with Crippen LogP contribution in [0.25, 0.3) is 6.08 Å². The van der Waals surface area contributed by atoms with Gasteiger partial charge < -0.3 is 10.4 Å². The maximum atomic E-state index is 10.7. The summed E-state index contributed by atoms with van der Waals surface area (Å²) in [6.45, 7) is 2.53. The van der Waals surface area contributed by atoms with Crippen molar-refractivity contribution in [1.29, 1.82) is 0 Å². The predicted octanol–water partition coefficient (Wildman–Crippen LogP) is 1.15. The van der Waals surface area contributed by atoms with Crippen LogP contribution in [0.15, 0.2) is 18.5 Å². The van der Waals surface area contributed by atoms with Crippen molar-refractivity contribution in [3.05, 3.63) is 24.0 Å². The van der Waals surface area contributed by atoms with Crippen molar-refractivity contribution < 1.29 is 9.90 Å². The minimum atomic E-state index is -0.881. The third-order valence-electron chi connectivity index (χ3n) is 2.25. The van der Waals surface area contributed by atoms with Gasteiger partial charge in [0.2, 0.25) is 0 Å². The first-order chi connectivity index (χ1) is 7.65. The van der Waals surface area contributed by atoms with E-state index in [1.165, 1.54) is 4.68 Å². The summed E-state index contributed by atoms with van der Waals surface area (Å²) >= 11 is 0. The van der Waals surface area contributed by atoms with Gasteiger partial charge in [-0.15, -0.1) is 0 Å². The molecule has 0 aliphatic carbocycles. The summed E-state index contributed by atoms with van der Waals surface area (Å²) in [4.78, 5) is 10.7. The van der Waals surface area contributed by atoms with Crippen LogP contribution in [0.4, 0.5) is 0 Å². The summed E-state index contributed by atoms with van der Waals surface area (Å²) in [5, 5.41) is 15.9. The van der Waals surface area contributed by atoms with Crippen molar-refractivity contribution in [1.82, 2.24) is 15.1 Å². The highest BCUT2D eigenvalue weighted by Crippen LogP contribution is 2.08. The van der Waals surface area contributed by atoms with Crippen LogP contribution in [0, 0.1) is 0 Å². The van der Waals surface area contributed by atoms with Gasteiger partial charge in [0, 0.05) is 11.8 Å². The van der Waals surface area contributed by atoms with Gasteiger partial charge in [-0.2, -0.15) is 5.10 Å². The Bertz CT molecular complexity index is 371. The number of aromatic nitrogens is 2. The SMILES string of the molecule is CNCCC=Cc1cnn([C@@H](C)C(=O)O)c1. The number of nitrogens with one attached hydrogen (secondary N) is 1. The lowest BCUT2D eigenvalue weighted by molar-refractivity contribution is -0.140. The maximum absolute atomic E-state index is 10.7. The zero-order valence-corrected chi connectivity index (χ0v) is 9.55. The molecule has 5 nitrogen and oxygen atoms in total. The van der Waals surface area contributed by atoms with Crippen molar-refractivity contribution >= 4 is 12.0 Å². The lowest BCUT2D eigenvalue weighted by atomic mass is 10.3. The molecule has 1 atom stereocenters. The van der Waals surface area contributed by atoms with Crippen molar-refractivity contribution in [3.8, 4) is 0 Å². The van der Waals surface area contributed by atoms with Gasteiger partial charge in [-0.3, -0.25) is 4.68 Å². The van der Waals surface area contributed by atoms with Crippen LogP contribution in [0.3, 0.4) is 0 Å². The molecule has 0 amide bonds. The second kappa shape index (κ2) is 6.07. The second-order valence-electron chi connectivity index (χ2n) is 3.56. The van der Waals surface area contributed by atoms with E-state index in [0.29, 0.717) is 0 Å². The first kappa shape index (κ1) is 12.4. The fraction of sp³-hybridized carbons (Fsp3) is 0.455. The maximum Gasteiger partial charge on any atom is 0.328 e. The van der Waals surface area contributed by atoms with E-state index in [2.05, 4.69) is 10.4 Å². The molecule has 0 bridgehead atoms. The van der Waals surface area contributed by atoms with Crippen LogP contribution in [0.2, 0.25) is 0 Å². The molecule has 0 fully saturated rings. The second-order valence-corrected chi connectivity index (χ2v) is 3.56. The van der Waals surface area contributed by atoms with Gasteiger partial charge >= 0.3 is 5.97 Å². The van der Waals surface area contributed by atoms with Crippen molar-refractivity contribution in [2.45, 2.75) is 19.4 Å². The molecule has 0 saturated carbocycles. The lowest BCUT2D eigenvalue weighted by Crippen LogP contribution is -2.15. The third-order valence-corrected chi connectivity index (χ3v) is 2.25. The minimum Gasteiger partial charge on any atom is -0.480 e.